The molecule has 5 heteroatoms. The van der Waals surface area contributed by atoms with Crippen LogP contribution in [0.1, 0.15) is 19.8 Å². The van der Waals surface area contributed by atoms with E-state index in [2.05, 4.69) is 0 Å². The number of piperidine rings is 1. The van der Waals surface area contributed by atoms with Crippen LogP contribution in [0.25, 0.3) is 0 Å². The second-order valence-electron chi connectivity index (χ2n) is 3.72. The summed E-state index contributed by atoms with van der Waals surface area (Å²) in [6, 6.07) is 0. The molecule has 4 nitrogen and oxygen atoms in total. The fraction of sp³-hybridized carbons (Fsp3) is 0.889. The van der Waals surface area contributed by atoms with Crippen molar-refractivity contribution in [1.82, 2.24) is 4.81 Å². The fourth-order valence-corrected chi connectivity index (χ4v) is 1.80. The SMILES string of the molecule is CCOC(=O)C1CCCN(B(C)O)C1. The highest BCUT2D eigenvalue weighted by molar-refractivity contribution is 6.45. The van der Waals surface area contributed by atoms with E-state index in [4.69, 9.17) is 4.74 Å². The van der Waals surface area contributed by atoms with Crippen molar-refractivity contribution in [3.63, 3.8) is 0 Å². The first-order valence-electron chi connectivity index (χ1n) is 5.24. The summed E-state index contributed by atoms with van der Waals surface area (Å²) in [4.78, 5) is 13.3. The first-order valence-corrected chi connectivity index (χ1v) is 5.24. The van der Waals surface area contributed by atoms with E-state index in [1.54, 1.807) is 6.82 Å². The first kappa shape index (κ1) is 11.5. The van der Waals surface area contributed by atoms with Gasteiger partial charge in [-0.1, -0.05) is 0 Å². The molecule has 0 saturated carbocycles. The zero-order chi connectivity index (χ0) is 10.6. The van der Waals surface area contributed by atoms with Crippen LogP contribution in [0.2, 0.25) is 6.82 Å². The largest absolute Gasteiger partial charge is 0.466 e. The van der Waals surface area contributed by atoms with Crippen molar-refractivity contribution in [3.8, 4) is 0 Å². The van der Waals surface area contributed by atoms with E-state index in [0.29, 0.717) is 13.2 Å². The minimum absolute atomic E-state index is 0.0571. The molecule has 0 aromatic heterocycles. The molecule has 1 heterocycles. The van der Waals surface area contributed by atoms with Gasteiger partial charge in [0.05, 0.1) is 12.5 Å². The number of nitrogens with zero attached hydrogens (tertiary/aromatic N) is 1. The Hall–Kier alpha value is -0.545. The van der Waals surface area contributed by atoms with E-state index in [1.165, 1.54) is 0 Å². The molecular weight excluding hydrogens is 181 g/mol. The molecule has 1 aliphatic heterocycles. The van der Waals surface area contributed by atoms with Gasteiger partial charge in [0.15, 0.2) is 0 Å². The maximum absolute atomic E-state index is 11.4. The van der Waals surface area contributed by atoms with E-state index < -0.39 is 7.05 Å². The second-order valence-corrected chi connectivity index (χ2v) is 3.72. The molecule has 0 radical (unpaired) electrons. The smallest absolute Gasteiger partial charge is 0.376 e. The molecule has 0 spiro atoms. The van der Waals surface area contributed by atoms with Gasteiger partial charge < -0.3 is 14.6 Å². The van der Waals surface area contributed by atoms with E-state index >= 15 is 0 Å². The third-order valence-electron chi connectivity index (χ3n) is 2.60. The van der Waals surface area contributed by atoms with Gasteiger partial charge in [-0.05, 0) is 33.1 Å². The van der Waals surface area contributed by atoms with E-state index in [1.807, 2.05) is 11.7 Å². The molecule has 0 aromatic rings. The van der Waals surface area contributed by atoms with Crippen molar-refractivity contribution < 1.29 is 14.6 Å². The number of hydrogen-bond acceptors (Lipinski definition) is 4. The highest BCUT2D eigenvalue weighted by Crippen LogP contribution is 2.18. The molecule has 1 rings (SSSR count). The van der Waals surface area contributed by atoms with Crippen LogP contribution >= 0.6 is 0 Å². The van der Waals surface area contributed by atoms with Crippen LogP contribution in [0.4, 0.5) is 0 Å². The zero-order valence-electron chi connectivity index (χ0n) is 8.90. The minimum atomic E-state index is -0.466. The van der Waals surface area contributed by atoms with Gasteiger partial charge in [-0.25, -0.2) is 0 Å². The maximum atomic E-state index is 11.4. The molecule has 0 bridgehead atoms. The summed E-state index contributed by atoms with van der Waals surface area (Å²) in [5, 5.41) is 9.38. The lowest BCUT2D eigenvalue weighted by Gasteiger charge is -2.31. The Labute approximate surface area is 85.4 Å². The normalized spacial score (nSPS) is 23.2. The van der Waals surface area contributed by atoms with Gasteiger partial charge >= 0.3 is 13.0 Å². The van der Waals surface area contributed by atoms with Crippen molar-refractivity contribution in [2.45, 2.75) is 26.6 Å². The van der Waals surface area contributed by atoms with Gasteiger partial charge in [0.1, 0.15) is 0 Å². The molecule has 1 saturated heterocycles. The van der Waals surface area contributed by atoms with Crippen molar-refractivity contribution in [2.75, 3.05) is 19.7 Å². The van der Waals surface area contributed by atoms with E-state index in [9.17, 15) is 9.82 Å². The molecule has 80 valence electrons. The molecule has 0 aliphatic carbocycles. The molecule has 1 fully saturated rings. The van der Waals surface area contributed by atoms with Gasteiger partial charge in [-0.2, -0.15) is 0 Å². The summed E-state index contributed by atoms with van der Waals surface area (Å²) in [6.45, 7) is 5.47. The molecule has 1 aliphatic rings. The number of rotatable bonds is 3. The summed E-state index contributed by atoms with van der Waals surface area (Å²) in [6.07, 6.45) is 1.83. The Morgan fingerprint density at radius 3 is 3.00 bits per heavy atom. The van der Waals surface area contributed by atoms with Crippen molar-refractivity contribution in [3.05, 3.63) is 0 Å². The predicted molar refractivity (Wildman–Crippen MR) is 54.8 cm³/mol. The highest BCUT2D eigenvalue weighted by Gasteiger charge is 2.29. The summed E-state index contributed by atoms with van der Waals surface area (Å²) in [5.74, 6) is -0.184. The summed E-state index contributed by atoms with van der Waals surface area (Å²) in [5.41, 5.74) is 0. The van der Waals surface area contributed by atoms with Crippen molar-refractivity contribution >= 4 is 13.0 Å². The van der Waals surface area contributed by atoms with Crippen LogP contribution in [-0.2, 0) is 9.53 Å². The number of carbonyl (C=O) groups excluding carboxylic acids is 1. The Bertz CT molecular complexity index is 198. The van der Waals surface area contributed by atoms with Crippen molar-refractivity contribution in [2.24, 2.45) is 5.92 Å². The van der Waals surface area contributed by atoms with E-state index in [-0.39, 0.29) is 11.9 Å². The summed E-state index contributed by atoms with van der Waals surface area (Å²) < 4.78 is 4.96. The summed E-state index contributed by atoms with van der Waals surface area (Å²) in [7, 11) is -0.466. The maximum Gasteiger partial charge on any atom is 0.376 e. The molecule has 14 heavy (non-hydrogen) atoms. The monoisotopic (exact) mass is 199 g/mol. The average molecular weight is 199 g/mol. The second kappa shape index (κ2) is 5.36. The van der Waals surface area contributed by atoms with Crippen LogP contribution < -0.4 is 0 Å². The fourth-order valence-electron chi connectivity index (χ4n) is 1.80. The lowest BCUT2D eigenvalue weighted by Crippen LogP contribution is -2.46. The molecule has 1 atom stereocenters. The molecular formula is C9H18BNO3. The van der Waals surface area contributed by atoms with Crippen LogP contribution in [0.5, 0.6) is 0 Å². The van der Waals surface area contributed by atoms with Crippen LogP contribution in [-0.4, -0.2) is 42.6 Å². The number of carbonyl (C=O) groups is 1. The van der Waals surface area contributed by atoms with Crippen LogP contribution in [0, 0.1) is 5.92 Å². The zero-order valence-corrected chi connectivity index (χ0v) is 8.90. The predicted octanol–water partition coefficient (Wildman–Crippen LogP) is 0.372. The Balaban J connectivity index is 2.43. The van der Waals surface area contributed by atoms with Gasteiger partial charge in [0.25, 0.3) is 0 Å². The topological polar surface area (TPSA) is 49.8 Å². The average Bonchev–Trinajstić information content (AvgIpc) is 2.18. The molecule has 0 aromatic carbocycles. The molecule has 0 amide bonds. The number of esters is 1. The highest BCUT2D eigenvalue weighted by atomic mass is 16.5. The number of ether oxygens (including phenoxy) is 1. The Kier molecular flexibility index (Phi) is 4.42. The Morgan fingerprint density at radius 2 is 2.43 bits per heavy atom. The third kappa shape index (κ3) is 2.99. The Morgan fingerprint density at radius 1 is 1.71 bits per heavy atom. The lowest BCUT2D eigenvalue weighted by molar-refractivity contribution is -0.149. The standard InChI is InChI=1S/C9H18BNO3/c1-3-14-9(12)8-5-4-6-11(7-8)10(2)13/h8,13H,3-7H2,1-2H3. The van der Waals surface area contributed by atoms with E-state index in [0.717, 1.165) is 19.4 Å². The first-order chi connectivity index (χ1) is 6.65. The number of hydrogen-bond donors (Lipinski definition) is 1. The molecule has 1 N–H and O–H groups in total. The van der Waals surface area contributed by atoms with Crippen LogP contribution in [0.3, 0.4) is 0 Å². The van der Waals surface area contributed by atoms with Crippen molar-refractivity contribution in [1.29, 1.82) is 0 Å². The molecule has 1 unspecified atom stereocenters. The van der Waals surface area contributed by atoms with Gasteiger partial charge in [-0.15, -0.1) is 0 Å². The lowest BCUT2D eigenvalue weighted by atomic mass is 9.81. The van der Waals surface area contributed by atoms with Gasteiger partial charge in [0, 0.05) is 6.54 Å². The quantitative estimate of drug-likeness (QED) is 0.527. The summed E-state index contributed by atoms with van der Waals surface area (Å²) >= 11 is 0. The van der Waals surface area contributed by atoms with Crippen LogP contribution in [0.15, 0.2) is 0 Å². The van der Waals surface area contributed by atoms with Gasteiger partial charge in [0.2, 0.25) is 0 Å². The third-order valence-corrected chi connectivity index (χ3v) is 2.60. The van der Waals surface area contributed by atoms with Gasteiger partial charge in [-0.3, -0.25) is 4.79 Å². The minimum Gasteiger partial charge on any atom is -0.466 e.